The lowest BCUT2D eigenvalue weighted by atomic mass is 10.0. The number of nitrogens with one attached hydrogen (secondary N) is 2. The number of piperidine rings is 1. The van der Waals surface area contributed by atoms with Crippen LogP contribution >= 0.6 is 0 Å². The zero-order valence-electron chi connectivity index (χ0n) is 13.2. The summed E-state index contributed by atoms with van der Waals surface area (Å²) >= 11 is 0. The van der Waals surface area contributed by atoms with Gasteiger partial charge in [-0.3, -0.25) is 9.89 Å². The second-order valence-corrected chi connectivity index (χ2v) is 5.77. The summed E-state index contributed by atoms with van der Waals surface area (Å²) in [6, 6.07) is 0.668. The minimum absolute atomic E-state index is 0.609. The summed E-state index contributed by atoms with van der Waals surface area (Å²) in [6.45, 7) is 14.0. The van der Waals surface area contributed by atoms with Gasteiger partial charge < -0.3 is 10.6 Å². The highest BCUT2D eigenvalue weighted by Crippen LogP contribution is 2.15. The third-order valence-electron chi connectivity index (χ3n) is 3.62. The molecular formula is C15H32N4. The van der Waals surface area contributed by atoms with E-state index in [9.17, 15) is 0 Å². The molecule has 1 rings (SSSR count). The smallest absolute Gasteiger partial charge is 0.191 e. The lowest BCUT2D eigenvalue weighted by Gasteiger charge is -2.35. The van der Waals surface area contributed by atoms with E-state index in [-0.39, 0.29) is 0 Å². The minimum atomic E-state index is 0.609. The quantitative estimate of drug-likeness (QED) is 0.572. The van der Waals surface area contributed by atoms with Crippen molar-refractivity contribution in [2.75, 3.05) is 32.7 Å². The molecule has 0 aliphatic carbocycles. The standard InChI is InChI=1S/C15H32N4/c1-5-16-15(17-11-13(3)4)18-12-14-9-7-8-10-19(14)6-2/h13-14H,5-12H2,1-4H3,(H2,16,17,18). The molecule has 0 spiro atoms. The monoisotopic (exact) mass is 268 g/mol. The normalized spacial score (nSPS) is 21.7. The Kier molecular flexibility index (Phi) is 7.87. The van der Waals surface area contributed by atoms with Crippen LogP contribution < -0.4 is 10.6 Å². The van der Waals surface area contributed by atoms with E-state index in [2.05, 4.69) is 48.2 Å². The third-order valence-corrected chi connectivity index (χ3v) is 3.62. The highest BCUT2D eigenvalue weighted by Gasteiger charge is 2.20. The molecule has 4 nitrogen and oxygen atoms in total. The van der Waals surface area contributed by atoms with E-state index in [1.807, 2.05) is 0 Å². The molecular weight excluding hydrogens is 236 g/mol. The summed E-state index contributed by atoms with van der Waals surface area (Å²) in [4.78, 5) is 7.21. The molecule has 1 atom stereocenters. The van der Waals surface area contributed by atoms with Crippen molar-refractivity contribution in [3.8, 4) is 0 Å². The summed E-state index contributed by atoms with van der Waals surface area (Å²) in [6.07, 6.45) is 4.03. The molecule has 0 saturated carbocycles. The Hall–Kier alpha value is -0.770. The van der Waals surface area contributed by atoms with Crippen molar-refractivity contribution in [2.24, 2.45) is 10.9 Å². The van der Waals surface area contributed by atoms with Gasteiger partial charge in [0.15, 0.2) is 5.96 Å². The number of nitrogens with zero attached hydrogens (tertiary/aromatic N) is 2. The third kappa shape index (κ3) is 6.28. The van der Waals surface area contributed by atoms with Gasteiger partial charge in [-0.2, -0.15) is 0 Å². The van der Waals surface area contributed by atoms with Gasteiger partial charge in [-0.15, -0.1) is 0 Å². The van der Waals surface area contributed by atoms with Crippen LogP contribution in [-0.2, 0) is 0 Å². The molecule has 1 unspecified atom stereocenters. The molecule has 1 aliphatic heterocycles. The van der Waals surface area contributed by atoms with Crippen molar-refractivity contribution in [3.63, 3.8) is 0 Å². The maximum atomic E-state index is 4.62. The minimum Gasteiger partial charge on any atom is -0.357 e. The predicted molar refractivity (Wildman–Crippen MR) is 83.7 cm³/mol. The van der Waals surface area contributed by atoms with E-state index in [0.29, 0.717) is 12.0 Å². The highest BCUT2D eigenvalue weighted by atomic mass is 15.2. The van der Waals surface area contributed by atoms with Crippen LogP contribution in [-0.4, -0.2) is 49.6 Å². The molecule has 0 aromatic heterocycles. The van der Waals surface area contributed by atoms with E-state index < -0.39 is 0 Å². The van der Waals surface area contributed by atoms with Gasteiger partial charge in [0.25, 0.3) is 0 Å². The Morgan fingerprint density at radius 3 is 2.68 bits per heavy atom. The molecule has 112 valence electrons. The first kappa shape index (κ1) is 16.3. The molecule has 2 N–H and O–H groups in total. The van der Waals surface area contributed by atoms with Crippen molar-refractivity contribution < 1.29 is 0 Å². The molecule has 1 heterocycles. The Morgan fingerprint density at radius 2 is 2.05 bits per heavy atom. The van der Waals surface area contributed by atoms with E-state index >= 15 is 0 Å². The number of hydrogen-bond acceptors (Lipinski definition) is 2. The topological polar surface area (TPSA) is 39.7 Å². The van der Waals surface area contributed by atoms with Crippen LogP contribution in [0.2, 0.25) is 0 Å². The maximum Gasteiger partial charge on any atom is 0.191 e. The average Bonchev–Trinajstić information content (AvgIpc) is 2.42. The Labute approximate surface area is 119 Å². The number of rotatable bonds is 6. The number of guanidine groups is 1. The molecule has 1 aliphatic rings. The second-order valence-electron chi connectivity index (χ2n) is 5.77. The maximum absolute atomic E-state index is 4.62. The fraction of sp³-hybridized carbons (Fsp3) is 0.933. The van der Waals surface area contributed by atoms with E-state index in [1.165, 1.54) is 25.8 Å². The van der Waals surface area contributed by atoms with Crippen LogP contribution in [0.1, 0.15) is 47.0 Å². The van der Waals surface area contributed by atoms with Crippen LogP contribution in [0.25, 0.3) is 0 Å². The van der Waals surface area contributed by atoms with Crippen LogP contribution in [0.5, 0.6) is 0 Å². The summed E-state index contributed by atoms with van der Waals surface area (Å²) in [5.74, 6) is 1.58. The van der Waals surface area contributed by atoms with Gasteiger partial charge >= 0.3 is 0 Å². The van der Waals surface area contributed by atoms with Crippen LogP contribution in [0, 0.1) is 5.92 Å². The fourth-order valence-electron chi connectivity index (χ4n) is 2.54. The summed E-state index contributed by atoms with van der Waals surface area (Å²) in [5, 5.41) is 6.84. The lowest BCUT2D eigenvalue weighted by molar-refractivity contribution is 0.157. The van der Waals surface area contributed by atoms with E-state index in [4.69, 9.17) is 0 Å². The average molecular weight is 268 g/mol. The van der Waals surface area contributed by atoms with Crippen LogP contribution in [0.4, 0.5) is 0 Å². The number of likely N-dealkylation sites (tertiary alicyclic amines) is 1. The molecule has 19 heavy (non-hydrogen) atoms. The molecule has 4 heteroatoms. The first-order chi connectivity index (χ1) is 9.17. The van der Waals surface area contributed by atoms with Crippen molar-refractivity contribution in [3.05, 3.63) is 0 Å². The number of likely N-dealkylation sites (N-methyl/N-ethyl adjacent to an activating group) is 1. The first-order valence-corrected chi connectivity index (χ1v) is 7.93. The SMILES string of the molecule is CCNC(=NCC(C)C)NCC1CCCCN1CC. The highest BCUT2D eigenvalue weighted by molar-refractivity contribution is 5.79. The van der Waals surface area contributed by atoms with Gasteiger partial charge in [0.2, 0.25) is 0 Å². The second kappa shape index (κ2) is 9.18. The Morgan fingerprint density at radius 1 is 1.26 bits per heavy atom. The van der Waals surface area contributed by atoms with Gasteiger partial charge in [0.1, 0.15) is 0 Å². The van der Waals surface area contributed by atoms with Gasteiger partial charge in [-0.1, -0.05) is 27.2 Å². The van der Waals surface area contributed by atoms with Crippen LogP contribution in [0.3, 0.4) is 0 Å². The largest absolute Gasteiger partial charge is 0.357 e. The summed E-state index contributed by atoms with van der Waals surface area (Å²) in [5.41, 5.74) is 0. The summed E-state index contributed by atoms with van der Waals surface area (Å²) < 4.78 is 0. The lowest BCUT2D eigenvalue weighted by Crippen LogP contribution is -2.49. The molecule has 0 amide bonds. The van der Waals surface area contributed by atoms with Crippen molar-refractivity contribution >= 4 is 5.96 Å². The van der Waals surface area contributed by atoms with Crippen molar-refractivity contribution in [1.82, 2.24) is 15.5 Å². The molecule has 1 saturated heterocycles. The van der Waals surface area contributed by atoms with E-state index in [1.54, 1.807) is 0 Å². The van der Waals surface area contributed by atoms with Gasteiger partial charge in [-0.25, -0.2) is 0 Å². The molecule has 0 radical (unpaired) electrons. The molecule has 1 fully saturated rings. The first-order valence-electron chi connectivity index (χ1n) is 7.93. The van der Waals surface area contributed by atoms with E-state index in [0.717, 1.165) is 32.1 Å². The van der Waals surface area contributed by atoms with Gasteiger partial charge in [-0.05, 0) is 38.8 Å². The van der Waals surface area contributed by atoms with Gasteiger partial charge in [0.05, 0.1) is 0 Å². The molecule has 0 aromatic carbocycles. The zero-order valence-corrected chi connectivity index (χ0v) is 13.2. The molecule has 0 bridgehead atoms. The zero-order chi connectivity index (χ0) is 14.1. The summed E-state index contributed by atoms with van der Waals surface area (Å²) in [7, 11) is 0. The fourth-order valence-corrected chi connectivity index (χ4v) is 2.54. The number of hydrogen-bond donors (Lipinski definition) is 2. The predicted octanol–water partition coefficient (Wildman–Crippen LogP) is 2.07. The number of aliphatic imine (C=N–C) groups is 1. The van der Waals surface area contributed by atoms with Gasteiger partial charge in [0, 0.05) is 25.7 Å². The Balaban J connectivity index is 2.43. The van der Waals surface area contributed by atoms with Crippen LogP contribution in [0.15, 0.2) is 4.99 Å². The van der Waals surface area contributed by atoms with Crippen molar-refractivity contribution in [2.45, 2.75) is 53.0 Å². The molecule has 0 aromatic rings. The Bertz CT molecular complexity index is 263. The van der Waals surface area contributed by atoms with Crippen molar-refractivity contribution in [1.29, 1.82) is 0 Å².